The van der Waals surface area contributed by atoms with E-state index in [1.807, 2.05) is 0 Å². The number of nitrogens with zero attached hydrogens (tertiary/aromatic N) is 5. The summed E-state index contributed by atoms with van der Waals surface area (Å²) < 4.78 is 7.78. The van der Waals surface area contributed by atoms with Crippen molar-refractivity contribution in [3.63, 3.8) is 0 Å². The van der Waals surface area contributed by atoms with Crippen LogP contribution in [0.3, 0.4) is 0 Å². The Kier molecular flexibility index (Phi) is 4.57. The van der Waals surface area contributed by atoms with Gasteiger partial charge >= 0.3 is 5.69 Å². The van der Waals surface area contributed by atoms with Crippen molar-refractivity contribution in [1.82, 2.24) is 24.3 Å². The molecule has 3 aromatic rings. The van der Waals surface area contributed by atoms with Gasteiger partial charge in [-0.15, -0.1) is 10.2 Å². The van der Waals surface area contributed by atoms with Gasteiger partial charge in [0.05, 0.1) is 6.61 Å². The average Bonchev–Trinajstić information content (AvgIpc) is 2.65. The lowest BCUT2D eigenvalue weighted by Crippen LogP contribution is -2.38. The molecule has 0 atom stereocenters. The van der Waals surface area contributed by atoms with Crippen LogP contribution in [0.15, 0.2) is 33.9 Å². The Morgan fingerprint density at radius 3 is 2.48 bits per heavy atom. The highest BCUT2D eigenvalue weighted by atomic mass is 16.5. The van der Waals surface area contributed by atoms with Crippen molar-refractivity contribution in [3.8, 4) is 17.1 Å². The second-order valence-corrected chi connectivity index (χ2v) is 5.53. The maximum Gasteiger partial charge on any atom is 0.332 e. The van der Waals surface area contributed by atoms with Crippen molar-refractivity contribution in [2.24, 2.45) is 19.8 Å². The van der Waals surface area contributed by atoms with Gasteiger partial charge in [-0.3, -0.25) is 13.9 Å². The molecule has 9 heteroatoms. The molecule has 2 heterocycles. The van der Waals surface area contributed by atoms with E-state index in [9.17, 15) is 9.59 Å². The number of ether oxygens (including phenoxy) is 1. The molecular weight excluding hydrogens is 324 g/mol. The van der Waals surface area contributed by atoms with Crippen molar-refractivity contribution in [2.45, 2.75) is 6.42 Å². The van der Waals surface area contributed by atoms with E-state index in [2.05, 4.69) is 15.2 Å². The number of aromatic nitrogens is 5. The maximum absolute atomic E-state index is 12.3. The highest BCUT2D eigenvalue weighted by Crippen LogP contribution is 2.19. The Bertz CT molecular complexity index is 1020. The molecule has 0 amide bonds. The zero-order valence-electron chi connectivity index (χ0n) is 14.0. The molecule has 2 aromatic heterocycles. The largest absolute Gasteiger partial charge is 0.494 e. The van der Waals surface area contributed by atoms with Crippen LogP contribution in [0.4, 0.5) is 0 Å². The number of aryl methyl sites for hydroxylation is 1. The van der Waals surface area contributed by atoms with E-state index in [-0.39, 0.29) is 11.2 Å². The van der Waals surface area contributed by atoms with Crippen LogP contribution >= 0.6 is 0 Å². The molecule has 0 unspecified atom stereocenters. The molecular formula is C16H18N6O3. The average molecular weight is 342 g/mol. The minimum Gasteiger partial charge on any atom is -0.494 e. The first-order valence-corrected chi connectivity index (χ1v) is 7.76. The Morgan fingerprint density at radius 1 is 1.08 bits per heavy atom. The molecule has 9 nitrogen and oxygen atoms in total. The summed E-state index contributed by atoms with van der Waals surface area (Å²) in [7, 11) is 2.92. The van der Waals surface area contributed by atoms with Crippen molar-refractivity contribution in [1.29, 1.82) is 0 Å². The molecule has 0 spiro atoms. The first-order chi connectivity index (χ1) is 12.0. The molecule has 1 aromatic carbocycles. The van der Waals surface area contributed by atoms with Gasteiger partial charge in [-0.25, -0.2) is 9.78 Å². The fraction of sp³-hybridized carbons (Fsp3) is 0.312. The fourth-order valence-corrected chi connectivity index (χ4v) is 2.35. The van der Waals surface area contributed by atoms with Crippen LogP contribution in [0.5, 0.6) is 5.75 Å². The van der Waals surface area contributed by atoms with Crippen LogP contribution in [0.1, 0.15) is 6.42 Å². The lowest BCUT2D eigenvalue weighted by atomic mass is 10.2. The zero-order chi connectivity index (χ0) is 18.0. The number of nitrogens with two attached hydrogens (primary N) is 1. The molecule has 0 fully saturated rings. The monoisotopic (exact) mass is 342 g/mol. The SMILES string of the molecule is Cn1c(=O)c2nc(-c3ccc(OCCCN)cc3)nnc2n(C)c1=O. The standard InChI is InChI=1S/C16H18N6O3/c1-21-14-12(15(23)22(2)16(21)24)18-13(19-20-14)10-4-6-11(7-5-10)25-9-3-8-17/h4-7H,3,8-9,17H2,1-2H3. The fourth-order valence-electron chi connectivity index (χ4n) is 2.35. The van der Waals surface area contributed by atoms with Crippen molar-refractivity contribution < 1.29 is 4.74 Å². The third kappa shape index (κ3) is 3.13. The van der Waals surface area contributed by atoms with Crippen molar-refractivity contribution >= 4 is 11.2 Å². The molecule has 0 bridgehead atoms. The Labute approximate surface area is 142 Å². The van der Waals surface area contributed by atoms with Gasteiger partial charge in [-0.1, -0.05) is 0 Å². The molecule has 0 aliphatic carbocycles. The van der Waals surface area contributed by atoms with Gasteiger partial charge in [0.1, 0.15) is 5.75 Å². The maximum atomic E-state index is 12.3. The van der Waals surface area contributed by atoms with Crippen LogP contribution in [0.2, 0.25) is 0 Å². The summed E-state index contributed by atoms with van der Waals surface area (Å²) in [6.45, 7) is 1.13. The zero-order valence-corrected chi connectivity index (χ0v) is 14.0. The van der Waals surface area contributed by atoms with Gasteiger partial charge in [0.15, 0.2) is 17.0 Å². The Balaban J connectivity index is 1.99. The molecule has 0 aliphatic heterocycles. The minimum absolute atomic E-state index is 0.0953. The summed E-state index contributed by atoms with van der Waals surface area (Å²) >= 11 is 0. The smallest absolute Gasteiger partial charge is 0.332 e. The number of benzene rings is 1. The normalized spacial score (nSPS) is 11.0. The van der Waals surface area contributed by atoms with E-state index in [0.717, 1.165) is 11.0 Å². The van der Waals surface area contributed by atoms with Crippen LogP contribution < -0.4 is 21.7 Å². The summed E-state index contributed by atoms with van der Waals surface area (Å²) in [5.41, 5.74) is 5.39. The topological polar surface area (TPSA) is 118 Å². The third-order valence-corrected chi connectivity index (χ3v) is 3.80. The van der Waals surface area contributed by atoms with E-state index < -0.39 is 11.2 Å². The molecule has 130 valence electrons. The van der Waals surface area contributed by atoms with Gasteiger partial charge in [-0.2, -0.15) is 0 Å². The molecule has 0 radical (unpaired) electrons. The van der Waals surface area contributed by atoms with Gasteiger partial charge in [0.2, 0.25) is 0 Å². The first kappa shape index (κ1) is 16.8. The quantitative estimate of drug-likeness (QED) is 0.639. The minimum atomic E-state index is -0.504. The van der Waals surface area contributed by atoms with Crippen molar-refractivity contribution in [3.05, 3.63) is 45.1 Å². The second kappa shape index (κ2) is 6.81. The van der Waals surface area contributed by atoms with Crippen LogP contribution in [0.25, 0.3) is 22.6 Å². The van der Waals surface area contributed by atoms with E-state index in [1.54, 1.807) is 24.3 Å². The molecule has 0 saturated heterocycles. The predicted molar refractivity (Wildman–Crippen MR) is 92.4 cm³/mol. The number of hydrogen-bond donors (Lipinski definition) is 1. The Morgan fingerprint density at radius 2 is 1.80 bits per heavy atom. The van der Waals surface area contributed by atoms with Gasteiger partial charge in [0, 0.05) is 19.7 Å². The first-order valence-electron chi connectivity index (χ1n) is 7.76. The lowest BCUT2D eigenvalue weighted by molar-refractivity contribution is 0.313. The summed E-state index contributed by atoms with van der Waals surface area (Å²) in [6.07, 6.45) is 0.779. The second-order valence-electron chi connectivity index (χ2n) is 5.53. The molecule has 3 rings (SSSR count). The van der Waals surface area contributed by atoms with Gasteiger partial charge < -0.3 is 10.5 Å². The van der Waals surface area contributed by atoms with Crippen molar-refractivity contribution in [2.75, 3.05) is 13.2 Å². The summed E-state index contributed by atoms with van der Waals surface area (Å²) in [5.74, 6) is 1.01. The van der Waals surface area contributed by atoms with E-state index in [0.29, 0.717) is 30.3 Å². The summed E-state index contributed by atoms with van der Waals surface area (Å²) in [6, 6.07) is 7.15. The van der Waals surface area contributed by atoms with Gasteiger partial charge in [0.25, 0.3) is 5.56 Å². The molecule has 0 aliphatic rings. The summed E-state index contributed by atoms with van der Waals surface area (Å²) in [4.78, 5) is 28.5. The van der Waals surface area contributed by atoms with E-state index >= 15 is 0 Å². The Hall–Kier alpha value is -3.07. The van der Waals surface area contributed by atoms with E-state index in [1.165, 1.54) is 18.7 Å². The highest BCUT2D eigenvalue weighted by molar-refractivity contribution is 5.71. The highest BCUT2D eigenvalue weighted by Gasteiger charge is 2.13. The van der Waals surface area contributed by atoms with Crippen LogP contribution in [0, 0.1) is 0 Å². The third-order valence-electron chi connectivity index (χ3n) is 3.80. The number of rotatable bonds is 5. The van der Waals surface area contributed by atoms with Crippen LogP contribution in [-0.4, -0.2) is 37.5 Å². The van der Waals surface area contributed by atoms with E-state index in [4.69, 9.17) is 10.5 Å². The molecule has 25 heavy (non-hydrogen) atoms. The lowest BCUT2D eigenvalue weighted by Gasteiger charge is -2.07. The predicted octanol–water partition coefficient (Wildman–Crippen LogP) is -0.183. The number of fused-ring (bicyclic) bond motifs is 1. The van der Waals surface area contributed by atoms with Crippen LogP contribution in [-0.2, 0) is 14.1 Å². The molecule has 2 N–H and O–H groups in total. The summed E-state index contributed by atoms with van der Waals surface area (Å²) in [5, 5.41) is 8.02. The molecule has 0 saturated carbocycles. The van der Waals surface area contributed by atoms with Gasteiger partial charge in [-0.05, 0) is 37.2 Å². The number of hydrogen-bond acceptors (Lipinski definition) is 7.